The zero-order valence-electron chi connectivity index (χ0n) is 10.2. The van der Waals surface area contributed by atoms with Gasteiger partial charge in [-0.25, -0.2) is 8.42 Å². The van der Waals surface area contributed by atoms with E-state index in [1.807, 2.05) is 4.72 Å². The highest BCUT2D eigenvalue weighted by Crippen LogP contribution is 2.34. The van der Waals surface area contributed by atoms with Crippen molar-refractivity contribution in [3.63, 3.8) is 0 Å². The number of aromatic nitrogens is 1. The molecule has 0 spiro atoms. The average Bonchev–Trinajstić information content (AvgIpc) is 2.41. The molecule has 2 aromatic rings. The van der Waals surface area contributed by atoms with Crippen LogP contribution in [0.4, 0.5) is 18.9 Å². The molecule has 0 bridgehead atoms. The third-order valence-corrected chi connectivity index (χ3v) is 4.16. The normalized spacial score (nSPS) is 12.2. The number of alkyl halides is 3. The van der Waals surface area contributed by atoms with Gasteiger partial charge in [0.15, 0.2) is 0 Å². The van der Waals surface area contributed by atoms with Crippen molar-refractivity contribution in [1.29, 1.82) is 0 Å². The van der Waals surface area contributed by atoms with Gasteiger partial charge in [0.05, 0.1) is 16.3 Å². The van der Waals surface area contributed by atoms with Gasteiger partial charge in [-0.3, -0.25) is 9.71 Å². The van der Waals surface area contributed by atoms with E-state index in [9.17, 15) is 21.6 Å². The molecule has 2 rings (SSSR count). The van der Waals surface area contributed by atoms with Crippen LogP contribution in [0.25, 0.3) is 0 Å². The number of nitrogens with zero attached hydrogens (tertiary/aromatic N) is 1. The van der Waals surface area contributed by atoms with Gasteiger partial charge in [-0.15, -0.1) is 0 Å². The van der Waals surface area contributed by atoms with Crippen molar-refractivity contribution in [2.45, 2.75) is 11.1 Å². The fourth-order valence-corrected chi connectivity index (χ4v) is 2.74. The molecule has 0 radical (unpaired) electrons. The number of anilines is 1. The summed E-state index contributed by atoms with van der Waals surface area (Å²) >= 11 is 5.73. The second-order valence-corrected chi connectivity index (χ2v) is 6.08. The predicted molar refractivity (Wildman–Crippen MR) is 71.5 cm³/mol. The first-order valence-corrected chi connectivity index (χ1v) is 7.36. The van der Waals surface area contributed by atoms with Crippen molar-refractivity contribution in [2.75, 3.05) is 4.72 Å². The topological polar surface area (TPSA) is 59.1 Å². The molecule has 0 unspecified atom stereocenters. The minimum atomic E-state index is -4.60. The lowest BCUT2D eigenvalue weighted by molar-refractivity contribution is -0.137. The summed E-state index contributed by atoms with van der Waals surface area (Å²) in [5.41, 5.74) is -1.36. The molecule has 1 N–H and O–H groups in total. The van der Waals surface area contributed by atoms with E-state index in [0.29, 0.717) is 6.07 Å². The summed E-state index contributed by atoms with van der Waals surface area (Å²) in [6.45, 7) is 0. The zero-order valence-corrected chi connectivity index (χ0v) is 11.8. The van der Waals surface area contributed by atoms with E-state index >= 15 is 0 Å². The Morgan fingerprint density at radius 2 is 1.90 bits per heavy atom. The smallest absolute Gasteiger partial charge is 0.278 e. The second kappa shape index (κ2) is 5.53. The zero-order chi connectivity index (χ0) is 15.7. The van der Waals surface area contributed by atoms with Gasteiger partial charge in [-0.1, -0.05) is 11.6 Å². The molecule has 0 fully saturated rings. The lowest BCUT2D eigenvalue weighted by Crippen LogP contribution is -2.14. The number of pyridine rings is 1. The van der Waals surface area contributed by atoms with E-state index in [-0.39, 0.29) is 15.6 Å². The standard InChI is InChI=1S/C12H8ClF3N2O2S/c13-10-4-3-8(12(14,15)16)6-11(10)18-21(19,20)9-2-1-5-17-7-9/h1-7,18H. The molecule has 0 aliphatic heterocycles. The minimum Gasteiger partial charge on any atom is -0.278 e. The van der Waals surface area contributed by atoms with Crippen LogP contribution in [-0.4, -0.2) is 13.4 Å². The van der Waals surface area contributed by atoms with E-state index in [1.165, 1.54) is 18.3 Å². The fraction of sp³-hybridized carbons (Fsp3) is 0.0833. The van der Waals surface area contributed by atoms with Crippen LogP contribution in [-0.2, 0) is 16.2 Å². The molecule has 0 saturated heterocycles. The molecular weight excluding hydrogens is 329 g/mol. The number of nitrogens with one attached hydrogen (secondary N) is 1. The van der Waals surface area contributed by atoms with Gasteiger partial charge < -0.3 is 0 Å². The molecule has 0 amide bonds. The Labute approximate surface area is 123 Å². The van der Waals surface area contributed by atoms with Crippen LogP contribution < -0.4 is 4.72 Å². The van der Waals surface area contributed by atoms with Gasteiger partial charge in [0.2, 0.25) is 0 Å². The Morgan fingerprint density at radius 3 is 2.48 bits per heavy atom. The average molecular weight is 337 g/mol. The monoisotopic (exact) mass is 336 g/mol. The number of benzene rings is 1. The summed E-state index contributed by atoms with van der Waals surface area (Å²) in [6, 6.07) is 5.03. The fourth-order valence-electron chi connectivity index (χ4n) is 1.49. The molecule has 0 aliphatic rings. The number of hydrogen-bond acceptors (Lipinski definition) is 3. The second-order valence-electron chi connectivity index (χ2n) is 3.99. The maximum Gasteiger partial charge on any atom is 0.416 e. The summed E-state index contributed by atoms with van der Waals surface area (Å²) in [5.74, 6) is 0. The quantitative estimate of drug-likeness (QED) is 0.932. The maximum absolute atomic E-state index is 12.6. The highest BCUT2D eigenvalue weighted by atomic mass is 35.5. The van der Waals surface area contributed by atoms with Crippen LogP contribution in [0.5, 0.6) is 0 Å². The predicted octanol–water partition coefficient (Wildman–Crippen LogP) is 3.55. The molecule has 9 heteroatoms. The third-order valence-electron chi connectivity index (χ3n) is 2.48. The van der Waals surface area contributed by atoms with Crippen molar-refractivity contribution in [2.24, 2.45) is 0 Å². The van der Waals surface area contributed by atoms with Crippen LogP contribution in [0.3, 0.4) is 0 Å². The molecule has 1 heterocycles. The first-order chi connectivity index (χ1) is 9.70. The van der Waals surface area contributed by atoms with E-state index in [0.717, 1.165) is 18.3 Å². The molecule has 112 valence electrons. The van der Waals surface area contributed by atoms with Crippen LogP contribution >= 0.6 is 11.6 Å². The van der Waals surface area contributed by atoms with Crippen LogP contribution in [0.1, 0.15) is 5.56 Å². The number of rotatable bonds is 3. The van der Waals surface area contributed by atoms with Gasteiger partial charge in [0.25, 0.3) is 10.0 Å². The lowest BCUT2D eigenvalue weighted by Gasteiger charge is -2.12. The minimum absolute atomic E-state index is 0.143. The SMILES string of the molecule is O=S(=O)(Nc1cc(C(F)(F)F)ccc1Cl)c1cccnc1. The molecule has 4 nitrogen and oxygen atoms in total. The number of halogens is 4. The molecule has 0 aliphatic carbocycles. The van der Waals surface area contributed by atoms with Crippen LogP contribution in [0.15, 0.2) is 47.6 Å². The molecular formula is C12H8ClF3N2O2S. The van der Waals surface area contributed by atoms with Crippen molar-refractivity contribution < 1.29 is 21.6 Å². The van der Waals surface area contributed by atoms with Gasteiger partial charge in [-0.05, 0) is 30.3 Å². The first kappa shape index (κ1) is 15.6. The Morgan fingerprint density at radius 1 is 1.19 bits per heavy atom. The maximum atomic E-state index is 12.6. The van der Waals surface area contributed by atoms with Crippen molar-refractivity contribution in [1.82, 2.24) is 4.98 Å². The van der Waals surface area contributed by atoms with Crippen molar-refractivity contribution in [3.8, 4) is 0 Å². The van der Waals surface area contributed by atoms with Crippen LogP contribution in [0, 0.1) is 0 Å². The van der Waals surface area contributed by atoms with Gasteiger partial charge in [0.1, 0.15) is 4.90 Å². The third kappa shape index (κ3) is 3.64. The molecule has 1 aromatic heterocycles. The van der Waals surface area contributed by atoms with Gasteiger partial charge in [0, 0.05) is 12.4 Å². The number of sulfonamides is 1. The van der Waals surface area contributed by atoms with E-state index < -0.39 is 21.8 Å². The van der Waals surface area contributed by atoms with Crippen molar-refractivity contribution >= 4 is 27.3 Å². The Bertz CT molecular complexity index is 749. The highest BCUT2D eigenvalue weighted by Gasteiger charge is 2.31. The highest BCUT2D eigenvalue weighted by molar-refractivity contribution is 7.92. The van der Waals surface area contributed by atoms with Crippen LogP contribution in [0.2, 0.25) is 5.02 Å². The Balaban J connectivity index is 2.40. The first-order valence-electron chi connectivity index (χ1n) is 5.50. The van der Waals surface area contributed by atoms with Gasteiger partial charge >= 0.3 is 6.18 Å². The largest absolute Gasteiger partial charge is 0.416 e. The van der Waals surface area contributed by atoms with Crippen molar-refractivity contribution in [3.05, 3.63) is 53.3 Å². The summed E-state index contributed by atoms with van der Waals surface area (Å²) in [5, 5.41) is -0.143. The summed E-state index contributed by atoms with van der Waals surface area (Å²) in [6.07, 6.45) is -2.15. The molecule has 0 saturated carbocycles. The summed E-state index contributed by atoms with van der Waals surface area (Å²) in [4.78, 5) is 3.46. The van der Waals surface area contributed by atoms with E-state index in [4.69, 9.17) is 11.6 Å². The van der Waals surface area contributed by atoms with E-state index in [1.54, 1.807) is 0 Å². The summed E-state index contributed by atoms with van der Waals surface area (Å²) < 4.78 is 63.9. The molecule has 0 atom stereocenters. The number of hydrogen-bond donors (Lipinski definition) is 1. The molecule has 1 aromatic carbocycles. The lowest BCUT2D eigenvalue weighted by atomic mass is 10.2. The van der Waals surface area contributed by atoms with E-state index in [2.05, 4.69) is 4.98 Å². The summed E-state index contributed by atoms with van der Waals surface area (Å²) in [7, 11) is -4.06. The molecule has 21 heavy (non-hydrogen) atoms. The van der Waals surface area contributed by atoms with Gasteiger partial charge in [-0.2, -0.15) is 13.2 Å². The Kier molecular flexibility index (Phi) is 4.11. The Hall–Kier alpha value is -1.80.